The molecule has 0 bridgehead atoms. The molecule has 1 unspecified atom stereocenters. The number of pyridine rings is 1. The van der Waals surface area contributed by atoms with Gasteiger partial charge in [0.25, 0.3) is 0 Å². The first kappa shape index (κ1) is 23.6. The monoisotopic (exact) mass is 471 g/mol. The van der Waals surface area contributed by atoms with Gasteiger partial charge in [-0.15, -0.1) is 0 Å². The Morgan fingerprint density at radius 1 is 1.15 bits per heavy atom. The highest BCUT2D eigenvalue weighted by molar-refractivity contribution is 7.82. The summed E-state index contributed by atoms with van der Waals surface area (Å²) >= 11 is 0. The summed E-state index contributed by atoms with van der Waals surface area (Å²) in [6.07, 6.45) is 5.55. The van der Waals surface area contributed by atoms with Crippen LogP contribution in [0.2, 0.25) is 0 Å². The predicted octanol–water partition coefficient (Wildman–Crippen LogP) is 2.87. The van der Waals surface area contributed by atoms with E-state index in [0.29, 0.717) is 26.3 Å². The molecule has 1 aliphatic rings. The first-order valence-corrected chi connectivity index (χ1v) is 12.1. The zero-order chi connectivity index (χ0) is 23.2. The number of aromatic nitrogens is 2. The van der Waals surface area contributed by atoms with Crippen molar-refractivity contribution in [3.05, 3.63) is 54.4 Å². The van der Waals surface area contributed by atoms with Gasteiger partial charge in [0.2, 0.25) is 0 Å². The Balaban J connectivity index is 1.54. The van der Waals surface area contributed by atoms with Gasteiger partial charge in [-0.3, -0.25) is 4.79 Å². The number of fused-ring (bicyclic) bond motifs is 1. The first-order chi connectivity index (χ1) is 16.1. The zero-order valence-electron chi connectivity index (χ0n) is 18.9. The molecule has 33 heavy (non-hydrogen) atoms. The van der Waals surface area contributed by atoms with E-state index in [0.717, 1.165) is 39.9 Å². The van der Waals surface area contributed by atoms with Crippen molar-refractivity contribution < 1.29 is 23.2 Å². The van der Waals surface area contributed by atoms with Gasteiger partial charge in [0.15, 0.2) is 0 Å². The average Bonchev–Trinajstić information content (AvgIpc) is 3.26. The normalized spacial score (nSPS) is 16.2. The van der Waals surface area contributed by atoms with Crippen molar-refractivity contribution in [3.63, 3.8) is 0 Å². The Bertz CT molecular complexity index is 1120. The Morgan fingerprint density at radius 2 is 1.94 bits per heavy atom. The summed E-state index contributed by atoms with van der Waals surface area (Å²) < 4.78 is 33.0. The molecule has 0 aliphatic carbocycles. The maximum absolute atomic E-state index is 13.5. The summed E-state index contributed by atoms with van der Waals surface area (Å²) in [5.74, 6) is -0.314. The molecule has 1 saturated heterocycles. The SMILES string of the molecule is COCCOC1CCN(S(=O)c2ccccc2-c2ccn3ncc(CC(=O)OC)c3c2)CC1. The van der Waals surface area contributed by atoms with Crippen molar-refractivity contribution in [1.29, 1.82) is 0 Å². The summed E-state index contributed by atoms with van der Waals surface area (Å²) in [7, 11) is 1.75. The number of nitrogens with zero attached hydrogens (tertiary/aromatic N) is 3. The molecule has 9 heteroatoms. The van der Waals surface area contributed by atoms with Crippen molar-refractivity contribution in [2.75, 3.05) is 40.5 Å². The highest BCUT2D eigenvalue weighted by Crippen LogP contribution is 2.30. The molecule has 1 aliphatic heterocycles. The summed E-state index contributed by atoms with van der Waals surface area (Å²) in [6, 6.07) is 11.7. The molecular weight excluding hydrogens is 442 g/mol. The van der Waals surface area contributed by atoms with Gasteiger partial charge in [0, 0.05) is 32.0 Å². The molecule has 0 amide bonds. The van der Waals surface area contributed by atoms with Crippen molar-refractivity contribution in [3.8, 4) is 11.1 Å². The third-order valence-electron chi connectivity index (χ3n) is 5.83. The summed E-state index contributed by atoms with van der Waals surface area (Å²) in [5.41, 5.74) is 3.45. The molecule has 1 fully saturated rings. The Kier molecular flexibility index (Phi) is 7.87. The van der Waals surface area contributed by atoms with Crippen LogP contribution in [0, 0.1) is 0 Å². The molecule has 0 saturated carbocycles. The summed E-state index contributed by atoms with van der Waals surface area (Å²) in [6.45, 7) is 2.59. The lowest BCUT2D eigenvalue weighted by Crippen LogP contribution is -2.38. The Hall–Kier alpha value is -2.59. The topological polar surface area (TPSA) is 82.4 Å². The van der Waals surface area contributed by atoms with Gasteiger partial charge in [-0.25, -0.2) is 13.0 Å². The van der Waals surface area contributed by atoms with Crippen molar-refractivity contribution in [2.24, 2.45) is 0 Å². The van der Waals surface area contributed by atoms with Crippen LogP contribution < -0.4 is 0 Å². The van der Waals surface area contributed by atoms with Crippen LogP contribution in [0.15, 0.2) is 53.7 Å². The van der Waals surface area contributed by atoms with Crippen LogP contribution in [0.25, 0.3) is 16.6 Å². The number of methoxy groups -OCH3 is 2. The fourth-order valence-corrected chi connectivity index (χ4v) is 5.41. The van der Waals surface area contributed by atoms with E-state index < -0.39 is 11.0 Å². The van der Waals surface area contributed by atoms with Crippen LogP contribution in [0.4, 0.5) is 0 Å². The van der Waals surface area contributed by atoms with E-state index in [4.69, 9.17) is 14.2 Å². The number of carbonyl (C=O) groups is 1. The summed E-state index contributed by atoms with van der Waals surface area (Å²) in [4.78, 5) is 12.5. The third kappa shape index (κ3) is 5.50. The number of benzene rings is 1. The molecule has 3 heterocycles. The van der Waals surface area contributed by atoms with E-state index in [1.165, 1.54) is 7.11 Å². The fourth-order valence-electron chi connectivity index (χ4n) is 4.02. The minimum atomic E-state index is -1.29. The van der Waals surface area contributed by atoms with E-state index in [1.807, 2.05) is 46.9 Å². The van der Waals surface area contributed by atoms with Gasteiger partial charge in [0.1, 0.15) is 11.0 Å². The minimum absolute atomic E-state index is 0.151. The molecule has 1 aromatic carbocycles. The molecular formula is C24H29N3O5S. The molecule has 3 aromatic rings. The van der Waals surface area contributed by atoms with Gasteiger partial charge in [0.05, 0.1) is 49.5 Å². The molecule has 0 radical (unpaired) electrons. The number of hydrogen-bond acceptors (Lipinski definition) is 6. The van der Waals surface area contributed by atoms with E-state index in [9.17, 15) is 9.00 Å². The number of ether oxygens (including phenoxy) is 3. The van der Waals surface area contributed by atoms with E-state index >= 15 is 0 Å². The highest BCUT2D eigenvalue weighted by atomic mass is 32.2. The summed E-state index contributed by atoms with van der Waals surface area (Å²) in [5, 5.41) is 4.33. The van der Waals surface area contributed by atoms with Crippen LogP contribution in [-0.4, -0.2) is 70.7 Å². The quantitative estimate of drug-likeness (QED) is 0.353. The lowest BCUT2D eigenvalue weighted by atomic mass is 10.1. The van der Waals surface area contributed by atoms with Gasteiger partial charge in [-0.1, -0.05) is 18.2 Å². The molecule has 1 atom stereocenters. The van der Waals surface area contributed by atoms with Gasteiger partial charge in [-0.05, 0) is 42.2 Å². The minimum Gasteiger partial charge on any atom is -0.469 e. The van der Waals surface area contributed by atoms with E-state index in [1.54, 1.807) is 17.8 Å². The first-order valence-electron chi connectivity index (χ1n) is 11.0. The smallest absolute Gasteiger partial charge is 0.310 e. The van der Waals surface area contributed by atoms with Crippen LogP contribution in [-0.2, 0) is 36.4 Å². The number of piperidine rings is 1. The van der Waals surface area contributed by atoms with E-state index in [-0.39, 0.29) is 18.5 Å². The standard InChI is InChI=1S/C24H29N3O5S/c1-30-13-14-32-20-8-10-26(11-9-20)33(29)23-6-4-3-5-21(23)18-7-12-27-22(15-18)19(17-25-27)16-24(28)31-2/h3-7,12,15,17,20H,8-11,13-14,16H2,1-2H3. The number of rotatable bonds is 9. The van der Waals surface area contributed by atoms with Crippen LogP contribution in [0.3, 0.4) is 0 Å². The molecule has 2 aromatic heterocycles. The molecule has 176 valence electrons. The second-order valence-electron chi connectivity index (χ2n) is 7.91. The number of hydrogen-bond donors (Lipinski definition) is 0. The zero-order valence-corrected chi connectivity index (χ0v) is 19.8. The molecule has 8 nitrogen and oxygen atoms in total. The van der Waals surface area contributed by atoms with Gasteiger partial charge in [-0.2, -0.15) is 5.10 Å². The fraction of sp³-hybridized carbons (Fsp3) is 0.417. The number of esters is 1. The van der Waals surface area contributed by atoms with Crippen LogP contribution in [0.1, 0.15) is 18.4 Å². The lowest BCUT2D eigenvalue weighted by Gasteiger charge is -2.31. The van der Waals surface area contributed by atoms with Crippen molar-refractivity contribution in [2.45, 2.75) is 30.3 Å². The lowest BCUT2D eigenvalue weighted by molar-refractivity contribution is -0.139. The Morgan fingerprint density at radius 3 is 2.70 bits per heavy atom. The van der Waals surface area contributed by atoms with Crippen molar-refractivity contribution in [1.82, 2.24) is 13.9 Å². The predicted molar refractivity (Wildman–Crippen MR) is 125 cm³/mol. The third-order valence-corrected chi connectivity index (χ3v) is 7.39. The molecule has 0 spiro atoms. The largest absolute Gasteiger partial charge is 0.469 e. The average molecular weight is 472 g/mol. The second kappa shape index (κ2) is 11.0. The molecule has 4 rings (SSSR count). The highest BCUT2D eigenvalue weighted by Gasteiger charge is 2.25. The maximum Gasteiger partial charge on any atom is 0.310 e. The van der Waals surface area contributed by atoms with Crippen LogP contribution in [0.5, 0.6) is 0 Å². The van der Waals surface area contributed by atoms with Gasteiger partial charge < -0.3 is 14.2 Å². The second-order valence-corrected chi connectivity index (χ2v) is 9.36. The van der Waals surface area contributed by atoms with E-state index in [2.05, 4.69) is 5.10 Å². The Labute approximate surface area is 196 Å². The van der Waals surface area contributed by atoms with Crippen LogP contribution >= 0.6 is 0 Å². The number of carbonyl (C=O) groups excluding carboxylic acids is 1. The molecule has 0 N–H and O–H groups in total. The van der Waals surface area contributed by atoms with Gasteiger partial charge >= 0.3 is 5.97 Å². The maximum atomic E-state index is 13.5. The van der Waals surface area contributed by atoms with Crippen molar-refractivity contribution >= 4 is 22.5 Å².